The Hall–Kier alpha value is -1.82. The summed E-state index contributed by atoms with van der Waals surface area (Å²) in [6, 6.07) is 2.17. The summed E-state index contributed by atoms with van der Waals surface area (Å²) in [4.78, 5) is 23.0. The molecule has 6 nitrogen and oxygen atoms in total. The number of hydrogen-bond donors (Lipinski definition) is 2. The zero-order valence-electron chi connectivity index (χ0n) is 10.2. The van der Waals surface area contributed by atoms with Crippen LogP contribution in [0.1, 0.15) is 25.8 Å². The minimum atomic E-state index is -1.05. The van der Waals surface area contributed by atoms with Gasteiger partial charge in [0, 0.05) is 19.2 Å². The Labute approximate surface area is 104 Å². The number of carbonyl (C=O) groups is 1. The predicted octanol–water partition coefficient (Wildman–Crippen LogP) is 0.645. The minimum Gasteiger partial charge on any atom is -0.488 e. The van der Waals surface area contributed by atoms with E-state index in [0.717, 1.165) is 4.57 Å². The molecule has 100 valence electrons. The van der Waals surface area contributed by atoms with Gasteiger partial charge in [0.15, 0.2) is 5.75 Å². The normalized spacial score (nSPS) is 12.1. The first-order valence-electron chi connectivity index (χ1n) is 5.79. The van der Waals surface area contributed by atoms with Crippen molar-refractivity contribution < 1.29 is 19.7 Å². The van der Waals surface area contributed by atoms with Gasteiger partial charge in [-0.05, 0) is 18.6 Å². The van der Waals surface area contributed by atoms with Gasteiger partial charge in [-0.25, -0.2) is 4.79 Å². The summed E-state index contributed by atoms with van der Waals surface area (Å²) in [5.41, 5.74) is -0.468. The van der Waals surface area contributed by atoms with Crippen molar-refractivity contribution >= 4 is 5.97 Å². The highest BCUT2D eigenvalue weighted by Gasteiger charge is 2.19. The molecule has 0 aliphatic carbocycles. The number of aliphatic hydroxyl groups is 1. The molecular formula is C12H17NO5. The lowest BCUT2D eigenvalue weighted by atomic mass is 10.2. The highest BCUT2D eigenvalue weighted by molar-refractivity contribution is 5.71. The maximum Gasteiger partial charge on any atom is 0.326 e. The van der Waals surface area contributed by atoms with Gasteiger partial charge in [-0.1, -0.05) is 6.92 Å². The third-order valence-corrected chi connectivity index (χ3v) is 2.51. The fraction of sp³-hybridized carbons (Fsp3) is 0.500. The van der Waals surface area contributed by atoms with Gasteiger partial charge < -0.3 is 14.9 Å². The molecule has 18 heavy (non-hydrogen) atoms. The molecule has 0 aliphatic heterocycles. The van der Waals surface area contributed by atoms with E-state index in [1.165, 1.54) is 12.3 Å². The molecule has 0 saturated heterocycles. The second kappa shape index (κ2) is 6.80. The summed E-state index contributed by atoms with van der Waals surface area (Å²) in [7, 11) is 0. The molecule has 0 fully saturated rings. The zero-order valence-corrected chi connectivity index (χ0v) is 10.2. The lowest BCUT2D eigenvalue weighted by Crippen LogP contribution is -2.29. The quantitative estimate of drug-likeness (QED) is 0.698. The molecule has 0 amide bonds. The number of nitrogens with zero attached hydrogens (tertiary/aromatic N) is 1. The van der Waals surface area contributed by atoms with Crippen LogP contribution in [0.2, 0.25) is 0 Å². The number of hydrogen-bond acceptors (Lipinski definition) is 4. The van der Waals surface area contributed by atoms with Crippen molar-refractivity contribution in [1.29, 1.82) is 0 Å². The number of aliphatic carboxylic acids is 1. The van der Waals surface area contributed by atoms with E-state index in [0.29, 0.717) is 12.8 Å². The molecule has 1 aromatic rings. The molecule has 0 saturated carbocycles. The molecule has 0 aliphatic rings. The van der Waals surface area contributed by atoms with Crippen molar-refractivity contribution in [2.24, 2.45) is 0 Å². The minimum absolute atomic E-state index is 0.0201. The van der Waals surface area contributed by atoms with Crippen LogP contribution in [0.4, 0.5) is 0 Å². The molecule has 0 radical (unpaired) electrons. The van der Waals surface area contributed by atoms with Crippen molar-refractivity contribution in [3.05, 3.63) is 28.7 Å². The molecule has 0 spiro atoms. The van der Waals surface area contributed by atoms with Crippen molar-refractivity contribution in [2.75, 3.05) is 13.2 Å². The van der Waals surface area contributed by atoms with Crippen molar-refractivity contribution in [2.45, 2.75) is 25.8 Å². The summed E-state index contributed by atoms with van der Waals surface area (Å²) in [5.74, 6) is -0.947. The van der Waals surface area contributed by atoms with E-state index in [4.69, 9.17) is 14.9 Å². The molecule has 1 rings (SSSR count). The Morgan fingerprint density at radius 2 is 2.28 bits per heavy atom. The first kappa shape index (κ1) is 14.2. The lowest BCUT2D eigenvalue weighted by molar-refractivity contribution is -0.141. The molecule has 1 heterocycles. The van der Waals surface area contributed by atoms with Gasteiger partial charge in [0.2, 0.25) is 0 Å². The van der Waals surface area contributed by atoms with Crippen molar-refractivity contribution in [3.8, 4) is 5.75 Å². The molecule has 1 atom stereocenters. The molecular weight excluding hydrogens is 238 g/mol. The van der Waals surface area contributed by atoms with E-state index in [2.05, 4.69) is 0 Å². The monoisotopic (exact) mass is 255 g/mol. The average molecular weight is 255 g/mol. The molecule has 1 aromatic heterocycles. The molecule has 1 unspecified atom stereocenters. The second-order valence-corrected chi connectivity index (χ2v) is 3.77. The van der Waals surface area contributed by atoms with Crippen LogP contribution >= 0.6 is 0 Å². The number of aromatic nitrogens is 1. The van der Waals surface area contributed by atoms with Crippen LogP contribution in [-0.4, -0.2) is 34.0 Å². The highest BCUT2D eigenvalue weighted by atomic mass is 16.5. The zero-order chi connectivity index (χ0) is 13.5. The third-order valence-electron chi connectivity index (χ3n) is 2.51. The lowest BCUT2D eigenvalue weighted by Gasteiger charge is -2.14. The van der Waals surface area contributed by atoms with Crippen LogP contribution < -0.4 is 10.3 Å². The Morgan fingerprint density at radius 3 is 2.83 bits per heavy atom. The van der Waals surface area contributed by atoms with Crippen LogP contribution in [0.5, 0.6) is 5.75 Å². The molecule has 6 heteroatoms. The van der Waals surface area contributed by atoms with Crippen molar-refractivity contribution in [3.63, 3.8) is 0 Å². The molecule has 2 N–H and O–H groups in total. The average Bonchev–Trinajstić information content (AvgIpc) is 2.34. The number of carboxylic acids is 1. The van der Waals surface area contributed by atoms with E-state index in [9.17, 15) is 9.59 Å². The van der Waals surface area contributed by atoms with Gasteiger partial charge >= 0.3 is 5.97 Å². The summed E-state index contributed by atoms with van der Waals surface area (Å²) >= 11 is 0. The largest absolute Gasteiger partial charge is 0.488 e. The van der Waals surface area contributed by atoms with Gasteiger partial charge in [0.05, 0.1) is 6.61 Å². The Balaban J connectivity index is 2.97. The van der Waals surface area contributed by atoms with Crippen LogP contribution in [0.3, 0.4) is 0 Å². The first-order valence-corrected chi connectivity index (χ1v) is 5.79. The number of ether oxygens (including phenoxy) is 1. The van der Waals surface area contributed by atoms with Crippen LogP contribution in [-0.2, 0) is 4.79 Å². The summed E-state index contributed by atoms with van der Waals surface area (Å²) < 4.78 is 6.36. The fourth-order valence-corrected chi connectivity index (χ4v) is 1.58. The maximum atomic E-state index is 12.0. The predicted molar refractivity (Wildman–Crippen MR) is 64.9 cm³/mol. The van der Waals surface area contributed by atoms with Gasteiger partial charge in [0.25, 0.3) is 5.56 Å². The summed E-state index contributed by atoms with van der Waals surface area (Å²) in [6.45, 7) is 1.90. The first-order chi connectivity index (χ1) is 8.61. The number of rotatable bonds is 7. The topological polar surface area (TPSA) is 88.8 Å². The molecule has 0 bridgehead atoms. The maximum absolute atomic E-state index is 12.0. The smallest absolute Gasteiger partial charge is 0.326 e. The number of carboxylic acid groups (broad SMARTS) is 1. The Bertz CT molecular complexity index is 454. The van der Waals surface area contributed by atoms with Crippen LogP contribution in [0.25, 0.3) is 0 Å². The van der Waals surface area contributed by atoms with Crippen molar-refractivity contribution in [1.82, 2.24) is 4.57 Å². The third kappa shape index (κ3) is 3.33. The second-order valence-electron chi connectivity index (χ2n) is 3.77. The van der Waals surface area contributed by atoms with E-state index in [1.54, 1.807) is 13.0 Å². The van der Waals surface area contributed by atoms with E-state index in [1.807, 2.05) is 0 Å². The van der Waals surface area contributed by atoms with E-state index >= 15 is 0 Å². The van der Waals surface area contributed by atoms with E-state index in [-0.39, 0.29) is 19.0 Å². The highest BCUT2D eigenvalue weighted by Crippen LogP contribution is 2.11. The Morgan fingerprint density at radius 1 is 1.56 bits per heavy atom. The van der Waals surface area contributed by atoms with Gasteiger partial charge in [-0.15, -0.1) is 0 Å². The van der Waals surface area contributed by atoms with Crippen LogP contribution in [0, 0.1) is 0 Å². The Kier molecular flexibility index (Phi) is 5.38. The van der Waals surface area contributed by atoms with Gasteiger partial charge in [-0.2, -0.15) is 0 Å². The number of pyridine rings is 1. The fourth-order valence-electron chi connectivity index (χ4n) is 1.58. The molecule has 0 aromatic carbocycles. The summed E-state index contributed by atoms with van der Waals surface area (Å²) in [5, 5.41) is 17.6. The van der Waals surface area contributed by atoms with Crippen LogP contribution in [0.15, 0.2) is 23.1 Å². The SMILES string of the molecule is CCC(C(=O)O)n1cccc(OCCCO)c1=O. The number of aliphatic hydroxyl groups excluding tert-OH is 1. The standard InChI is InChI=1S/C12H17NO5/c1-2-9(12(16)17)13-6-3-5-10(11(13)15)18-8-4-7-14/h3,5-6,9,14H,2,4,7-8H2,1H3,(H,16,17). The summed E-state index contributed by atoms with van der Waals surface area (Å²) in [6.07, 6.45) is 2.17. The van der Waals surface area contributed by atoms with E-state index < -0.39 is 17.6 Å². The van der Waals surface area contributed by atoms with Gasteiger partial charge in [-0.3, -0.25) is 9.36 Å². The van der Waals surface area contributed by atoms with Gasteiger partial charge in [0.1, 0.15) is 6.04 Å².